The second kappa shape index (κ2) is 4.67. The van der Waals surface area contributed by atoms with Crippen LogP contribution in [-0.2, 0) is 19.8 Å². The van der Waals surface area contributed by atoms with Crippen LogP contribution < -0.4 is 5.32 Å². The Morgan fingerprint density at radius 3 is 2.67 bits per heavy atom. The van der Waals surface area contributed by atoms with Crippen molar-refractivity contribution in [3.05, 3.63) is 41.9 Å². The fourth-order valence-electron chi connectivity index (χ4n) is 1.45. The fourth-order valence-corrected chi connectivity index (χ4v) is 1.45. The van der Waals surface area contributed by atoms with Crippen molar-refractivity contribution in [2.75, 3.05) is 5.32 Å². The number of hydrogen-bond acceptors (Lipinski definition) is 3. The maximum Gasteiger partial charge on any atom is 0.433 e. The fraction of sp³-hybridized carbons (Fsp3) is 0.273. The molecule has 2 aromatic rings. The molecule has 0 fully saturated rings. The summed E-state index contributed by atoms with van der Waals surface area (Å²) in [5.41, 5.74) is -0.0493. The molecular weight excluding hydrogens is 245 g/mol. The third kappa shape index (κ3) is 2.79. The molecule has 0 saturated heterocycles. The first kappa shape index (κ1) is 12.4. The van der Waals surface area contributed by atoms with Gasteiger partial charge in [0.25, 0.3) is 0 Å². The van der Waals surface area contributed by atoms with Crippen molar-refractivity contribution in [3.63, 3.8) is 0 Å². The zero-order valence-electron chi connectivity index (χ0n) is 9.57. The van der Waals surface area contributed by atoms with Gasteiger partial charge in [-0.25, -0.2) is 4.98 Å². The van der Waals surface area contributed by atoms with Crippen LogP contribution in [0.4, 0.5) is 19.0 Å². The molecule has 0 bridgehead atoms. The molecule has 0 unspecified atom stereocenters. The zero-order chi connectivity index (χ0) is 13.2. The van der Waals surface area contributed by atoms with Gasteiger partial charge in [-0.15, -0.1) is 0 Å². The minimum atomic E-state index is -4.43. The van der Waals surface area contributed by atoms with E-state index in [0.717, 1.165) is 11.8 Å². The highest BCUT2D eigenvalue weighted by Gasteiger charge is 2.32. The minimum absolute atomic E-state index is 0.186. The molecule has 0 saturated carbocycles. The van der Waals surface area contributed by atoms with Gasteiger partial charge in [-0.05, 0) is 18.2 Å². The van der Waals surface area contributed by atoms with E-state index in [1.165, 1.54) is 12.1 Å². The number of halogens is 3. The molecule has 0 radical (unpaired) electrons. The van der Waals surface area contributed by atoms with Crippen LogP contribution >= 0.6 is 0 Å². The summed E-state index contributed by atoms with van der Waals surface area (Å²) < 4.78 is 39.0. The van der Waals surface area contributed by atoms with E-state index in [4.69, 9.17) is 0 Å². The molecule has 0 amide bonds. The molecule has 2 aromatic heterocycles. The summed E-state index contributed by atoms with van der Waals surface area (Å²) in [6, 6.07) is 5.53. The lowest BCUT2D eigenvalue weighted by Crippen LogP contribution is -2.11. The maximum atomic E-state index is 12.4. The molecule has 0 aromatic carbocycles. The SMILES string of the molecule is Cn1nccc1CNc1cccc(C(F)(F)F)n1. The third-order valence-electron chi connectivity index (χ3n) is 2.41. The van der Waals surface area contributed by atoms with E-state index in [-0.39, 0.29) is 5.82 Å². The second-order valence-electron chi connectivity index (χ2n) is 3.71. The Labute approximate surface area is 101 Å². The molecule has 0 atom stereocenters. The first-order chi connectivity index (χ1) is 8.47. The average Bonchev–Trinajstić information content (AvgIpc) is 2.72. The van der Waals surface area contributed by atoms with Crippen LogP contribution in [0.5, 0.6) is 0 Å². The number of nitrogens with zero attached hydrogens (tertiary/aromatic N) is 3. The highest BCUT2D eigenvalue weighted by atomic mass is 19.4. The number of alkyl halides is 3. The molecule has 2 heterocycles. The Bertz CT molecular complexity index is 533. The lowest BCUT2D eigenvalue weighted by atomic mass is 10.3. The normalized spacial score (nSPS) is 11.6. The Morgan fingerprint density at radius 1 is 1.28 bits per heavy atom. The van der Waals surface area contributed by atoms with Gasteiger partial charge < -0.3 is 5.32 Å². The molecule has 7 heteroatoms. The monoisotopic (exact) mass is 256 g/mol. The van der Waals surface area contributed by atoms with E-state index < -0.39 is 11.9 Å². The highest BCUT2D eigenvalue weighted by Crippen LogP contribution is 2.28. The second-order valence-corrected chi connectivity index (χ2v) is 3.71. The molecule has 18 heavy (non-hydrogen) atoms. The van der Waals surface area contributed by atoms with Crippen molar-refractivity contribution in [1.29, 1.82) is 0 Å². The molecule has 0 aliphatic carbocycles. The van der Waals surface area contributed by atoms with Crippen LogP contribution in [0.1, 0.15) is 11.4 Å². The van der Waals surface area contributed by atoms with E-state index >= 15 is 0 Å². The summed E-state index contributed by atoms with van der Waals surface area (Å²) >= 11 is 0. The van der Waals surface area contributed by atoms with E-state index in [9.17, 15) is 13.2 Å². The number of rotatable bonds is 3. The van der Waals surface area contributed by atoms with Gasteiger partial charge in [0.15, 0.2) is 0 Å². The standard InChI is InChI=1S/C11H11F3N4/c1-18-8(5-6-16-18)7-15-10-4-2-3-9(17-10)11(12,13)14/h2-6H,7H2,1H3,(H,15,17). The summed E-state index contributed by atoms with van der Waals surface area (Å²) in [6.07, 6.45) is -2.80. The summed E-state index contributed by atoms with van der Waals surface area (Å²) in [4.78, 5) is 3.51. The van der Waals surface area contributed by atoms with Crippen LogP contribution in [0.3, 0.4) is 0 Å². The molecule has 2 rings (SSSR count). The first-order valence-corrected chi connectivity index (χ1v) is 5.22. The van der Waals surface area contributed by atoms with E-state index in [1.807, 2.05) is 0 Å². The number of pyridine rings is 1. The van der Waals surface area contributed by atoms with Gasteiger partial charge in [-0.1, -0.05) is 6.07 Å². The Balaban J connectivity index is 2.09. The van der Waals surface area contributed by atoms with Crippen molar-refractivity contribution in [1.82, 2.24) is 14.8 Å². The van der Waals surface area contributed by atoms with Crippen LogP contribution in [0.2, 0.25) is 0 Å². The van der Waals surface area contributed by atoms with Crippen molar-refractivity contribution in [2.45, 2.75) is 12.7 Å². The number of aryl methyl sites for hydroxylation is 1. The smallest absolute Gasteiger partial charge is 0.364 e. The molecule has 0 aliphatic heterocycles. The number of hydrogen-bond donors (Lipinski definition) is 1. The zero-order valence-corrected chi connectivity index (χ0v) is 9.57. The minimum Gasteiger partial charge on any atom is -0.364 e. The van der Waals surface area contributed by atoms with E-state index in [1.54, 1.807) is 24.0 Å². The van der Waals surface area contributed by atoms with Gasteiger partial charge >= 0.3 is 6.18 Å². The van der Waals surface area contributed by atoms with Crippen LogP contribution in [0.15, 0.2) is 30.5 Å². The van der Waals surface area contributed by atoms with Gasteiger partial charge in [0, 0.05) is 13.2 Å². The first-order valence-electron chi connectivity index (χ1n) is 5.22. The topological polar surface area (TPSA) is 42.7 Å². The summed E-state index contributed by atoms with van der Waals surface area (Å²) in [5.74, 6) is 0.186. The predicted molar refractivity (Wildman–Crippen MR) is 59.8 cm³/mol. The van der Waals surface area contributed by atoms with Gasteiger partial charge in [-0.2, -0.15) is 18.3 Å². The van der Waals surface area contributed by atoms with Gasteiger partial charge in [0.1, 0.15) is 11.5 Å². The average molecular weight is 256 g/mol. The molecular formula is C11H11F3N4. The molecule has 96 valence electrons. The van der Waals surface area contributed by atoms with Crippen LogP contribution in [-0.4, -0.2) is 14.8 Å². The molecule has 0 aliphatic rings. The van der Waals surface area contributed by atoms with Gasteiger partial charge in [-0.3, -0.25) is 4.68 Å². The Kier molecular flexibility index (Phi) is 3.22. The summed E-state index contributed by atoms with van der Waals surface area (Å²) in [5, 5.41) is 6.79. The number of aromatic nitrogens is 3. The number of anilines is 1. The van der Waals surface area contributed by atoms with Gasteiger partial charge in [0.05, 0.1) is 12.2 Å². The van der Waals surface area contributed by atoms with Crippen molar-refractivity contribution in [2.24, 2.45) is 7.05 Å². The van der Waals surface area contributed by atoms with Crippen LogP contribution in [0.25, 0.3) is 0 Å². The van der Waals surface area contributed by atoms with E-state index in [0.29, 0.717) is 6.54 Å². The quantitative estimate of drug-likeness (QED) is 0.917. The lowest BCUT2D eigenvalue weighted by molar-refractivity contribution is -0.141. The van der Waals surface area contributed by atoms with Crippen molar-refractivity contribution < 1.29 is 13.2 Å². The largest absolute Gasteiger partial charge is 0.433 e. The lowest BCUT2D eigenvalue weighted by Gasteiger charge is -2.09. The molecule has 4 nitrogen and oxygen atoms in total. The summed E-state index contributed by atoms with van der Waals surface area (Å²) in [6.45, 7) is 0.366. The molecule has 1 N–H and O–H groups in total. The van der Waals surface area contributed by atoms with E-state index in [2.05, 4.69) is 15.4 Å². The van der Waals surface area contributed by atoms with Gasteiger partial charge in [0.2, 0.25) is 0 Å². The van der Waals surface area contributed by atoms with Crippen molar-refractivity contribution >= 4 is 5.82 Å². The predicted octanol–water partition coefficient (Wildman–Crippen LogP) is 2.45. The molecule has 0 spiro atoms. The third-order valence-corrected chi connectivity index (χ3v) is 2.41. The maximum absolute atomic E-state index is 12.4. The summed E-state index contributed by atoms with van der Waals surface area (Å²) in [7, 11) is 1.76. The Hall–Kier alpha value is -2.05. The highest BCUT2D eigenvalue weighted by molar-refractivity contribution is 5.36. The Morgan fingerprint density at radius 2 is 2.06 bits per heavy atom. The van der Waals surface area contributed by atoms with Crippen molar-refractivity contribution in [3.8, 4) is 0 Å². The van der Waals surface area contributed by atoms with Crippen LogP contribution in [0, 0.1) is 0 Å². The number of nitrogens with one attached hydrogen (secondary N) is 1.